The van der Waals surface area contributed by atoms with Gasteiger partial charge in [-0.2, -0.15) is 13.2 Å². The highest BCUT2D eigenvalue weighted by Crippen LogP contribution is 2.34. The molecule has 0 atom stereocenters. The van der Waals surface area contributed by atoms with Gasteiger partial charge in [0.25, 0.3) is 0 Å². The Labute approximate surface area is 261 Å². The molecule has 0 aliphatic carbocycles. The van der Waals surface area contributed by atoms with Gasteiger partial charge in [-0.25, -0.2) is 4.98 Å². The summed E-state index contributed by atoms with van der Waals surface area (Å²) in [7, 11) is -2.67. The Morgan fingerprint density at radius 2 is 1.53 bits per heavy atom. The van der Waals surface area contributed by atoms with E-state index in [0.717, 1.165) is 33.7 Å². The fourth-order valence-electron chi connectivity index (χ4n) is 4.51. The summed E-state index contributed by atoms with van der Waals surface area (Å²) in [6, 6.07) is 14.2. The van der Waals surface area contributed by atoms with Crippen molar-refractivity contribution in [3.63, 3.8) is 0 Å². The zero-order valence-corrected chi connectivity index (χ0v) is 29.1. The zero-order valence-electron chi connectivity index (χ0n) is 25.5. The third-order valence-corrected chi connectivity index (χ3v) is 10.9. The first-order valence-electron chi connectivity index (χ1n) is 14.3. The second kappa shape index (κ2) is 13.2. The summed E-state index contributed by atoms with van der Waals surface area (Å²) in [5.74, 6) is -0.176. The number of rotatable bonds is 13. The van der Waals surface area contributed by atoms with Gasteiger partial charge in [0.2, 0.25) is 0 Å². The largest absolute Gasteiger partial charge is 0.417 e. The highest BCUT2D eigenvalue weighted by Gasteiger charge is 2.35. The minimum absolute atomic E-state index is 0.122. The van der Waals surface area contributed by atoms with Crippen LogP contribution in [0.15, 0.2) is 59.2 Å². The third kappa shape index (κ3) is 8.78. The molecule has 4 rings (SSSR count). The summed E-state index contributed by atoms with van der Waals surface area (Å²) in [6.45, 7) is 15.1. The number of fused-ring (bicyclic) bond motifs is 1. The van der Waals surface area contributed by atoms with Crippen LogP contribution in [0, 0.1) is 0 Å². The Kier molecular flexibility index (Phi) is 10.3. The highest BCUT2D eigenvalue weighted by molar-refractivity contribution is 9.10. The second-order valence-electron chi connectivity index (χ2n) is 13.1. The van der Waals surface area contributed by atoms with E-state index in [2.05, 4.69) is 55.2 Å². The van der Waals surface area contributed by atoms with Gasteiger partial charge in [-0.15, -0.1) is 0 Å². The summed E-state index contributed by atoms with van der Waals surface area (Å²) < 4.78 is 58.1. The molecule has 0 radical (unpaired) electrons. The summed E-state index contributed by atoms with van der Waals surface area (Å²) in [5.41, 5.74) is 0.885. The van der Waals surface area contributed by atoms with Crippen LogP contribution in [-0.2, 0) is 29.1 Å². The lowest BCUT2D eigenvalue weighted by molar-refractivity contribution is -0.137. The normalized spacial score (nSPS) is 12.8. The third-order valence-electron chi connectivity index (χ3n) is 7.02. The lowest BCUT2D eigenvalue weighted by Gasteiger charge is -2.17. The predicted octanol–water partition coefficient (Wildman–Crippen LogP) is 9.14. The molecule has 43 heavy (non-hydrogen) atoms. The molecule has 6 nitrogen and oxygen atoms in total. The number of hydrogen-bond acceptors (Lipinski definition) is 4. The number of alkyl halides is 3. The SMILES string of the molecule is C[Si](C)(C)CCOCn1cc(C(=O)c2ccccc2C(F)(F)F)cc1-c1nc2ccc(Br)cc2n1COCC[Si](C)(C)C. The molecule has 0 spiro atoms. The molecule has 0 aliphatic heterocycles. The second-order valence-corrected chi connectivity index (χ2v) is 25.3. The van der Waals surface area contributed by atoms with Crippen LogP contribution in [-0.4, -0.2) is 49.3 Å². The molecule has 0 N–H and O–H groups in total. The molecule has 2 aromatic carbocycles. The van der Waals surface area contributed by atoms with Crippen molar-refractivity contribution in [1.29, 1.82) is 0 Å². The Hall–Kier alpha value is -2.52. The molecule has 0 amide bonds. The Balaban J connectivity index is 1.78. The first-order chi connectivity index (χ1) is 20.0. The van der Waals surface area contributed by atoms with E-state index < -0.39 is 39.2 Å². The van der Waals surface area contributed by atoms with E-state index in [9.17, 15) is 18.0 Å². The summed E-state index contributed by atoms with van der Waals surface area (Å²) in [5, 5.41) is 0. The molecule has 0 aliphatic rings. The zero-order chi connectivity index (χ0) is 31.6. The van der Waals surface area contributed by atoms with Gasteiger partial charge in [-0.3, -0.25) is 9.36 Å². The van der Waals surface area contributed by atoms with Crippen molar-refractivity contribution < 1.29 is 27.4 Å². The molecular weight excluding hydrogens is 655 g/mol. The van der Waals surface area contributed by atoms with Crippen molar-refractivity contribution in [2.75, 3.05) is 13.2 Å². The highest BCUT2D eigenvalue weighted by atomic mass is 79.9. The Bertz CT molecular complexity index is 1590. The van der Waals surface area contributed by atoms with E-state index in [1.165, 1.54) is 18.2 Å². The average molecular weight is 695 g/mol. The maximum Gasteiger partial charge on any atom is 0.417 e. The molecule has 12 heteroatoms. The van der Waals surface area contributed by atoms with Gasteiger partial charge >= 0.3 is 6.18 Å². The van der Waals surface area contributed by atoms with Crippen LogP contribution < -0.4 is 0 Å². The van der Waals surface area contributed by atoms with Gasteiger partial charge in [0.1, 0.15) is 13.5 Å². The number of aromatic nitrogens is 3. The maximum absolute atomic E-state index is 13.8. The fraction of sp³-hybridized carbons (Fsp3) is 0.419. The Morgan fingerprint density at radius 1 is 0.907 bits per heavy atom. The lowest BCUT2D eigenvalue weighted by Crippen LogP contribution is -2.22. The van der Waals surface area contributed by atoms with Crippen LogP contribution in [0.2, 0.25) is 51.4 Å². The molecule has 0 saturated heterocycles. The van der Waals surface area contributed by atoms with Crippen LogP contribution in [0.3, 0.4) is 0 Å². The van der Waals surface area contributed by atoms with Gasteiger partial charge in [0.05, 0.1) is 22.3 Å². The molecule has 0 saturated carbocycles. The molecule has 4 aromatic rings. The van der Waals surface area contributed by atoms with Crippen molar-refractivity contribution in [2.45, 2.75) is 71.0 Å². The molecule has 0 unspecified atom stereocenters. The molecule has 232 valence electrons. The molecule has 0 bridgehead atoms. The average Bonchev–Trinajstić information content (AvgIpc) is 3.48. The number of imidazole rings is 1. The first-order valence-corrected chi connectivity index (χ1v) is 22.5. The Morgan fingerprint density at radius 3 is 2.16 bits per heavy atom. The smallest absolute Gasteiger partial charge is 0.361 e. The van der Waals surface area contributed by atoms with E-state index >= 15 is 0 Å². The standard InChI is InChI=1S/C31H39BrF3N3O3Si2/c1-42(2,3)15-13-40-20-37-19-22(29(39)24-9-7-8-10-25(24)31(33,34)35)17-28(37)30-36-26-12-11-23(32)18-27(26)38(30)21-41-14-16-43(4,5)6/h7-12,17-19H,13-16,20-21H2,1-6H3. The molecular formula is C31H39BrF3N3O3Si2. The van der Waals surface area contributed by atoms with Crippen LogP contribution in [0.5, 0.6) is 0 Å². The first kappa shape index (κ1) is 33.4. The van der Waals surface area contributed by atoms with Gasteiger partial charge in [-0.05, 0) is 42.4 Å². The molecule has 2 heterocycles. The van der Waals surface area contributed by atoms with Crippen LogP contribution in [0.4, 0.5) is 13.2 Å². The van der Waals surface area contributed by atoms with E-state index in [1.807, 2.05) is 22.8 Å². The van der Waals surface area contributed by atoms with Gasteiger partial charge < -0.3 is 14.0 Å². The fourth-order valence-corrected chi connectivity index (χ4v) is 6.37. The molecule has 2 aromatic heterocycles. The quantitative estimate of drug-likeness (QED) is 0.0796. The maximum atomic E-state index is 13.8. The van der Waals surface area contributed by atoms with Crippen LogP contribution in [0.1, 0.15) is 21.5 Å². The monoisotopic (exact) mass is 693 g/mol. The van der Waals surface area contributed by atoms with Crippen molar-refractivity contribution in [3.05, 3.63) is 75.9 Å². The predicted molar refractivity (Wildman–Crippen MR) is 174 cm³/mol. The lowest BCUT2D eigenvalue weighted by atomic mass is 9.99. The molecule has 0 fully saturated rings. The number of halogens is 4. The van der Waals surface area contributed by atoms with Gasteiger partial charge in [0, 0.05) is 51.2 Å². The summed E-state index contributed by atoms with van der Waals surface area (Å²) in [4.78, 5) is 18.5. The number of ether oxygens (including phenoxy) is 2. The van der Waals surface area contributed by atoms with Crippen LogP contribution >= 0.6 is 15.9 Å². The summed E-state index contributed by atoms with van der Waals surface area (Å²) in [6.07, 6.45) is -3.10. The number of ketones is 1. The van der Waals surface area contributed by atoms with E-state index in [-0.39, 0.29) is 19.0 Å². The van der Waals surface area contributed by atoms with Crippen LogP contribution in [0.25, 0.3) is 22.6 Å². The van der Waals surface area contributed by atoms with Crippen molar-refractivity contribution in [3.8, 4) is 11.5 Å². The van der Waals surface area contributed by atoms with Gasteiger partial charge in [0.15, 0.2) is 11.6 Å². The van der Waals surface area contributed by atoms with E-state index in [0.29, 0.717) is 24.7 Å². The van der Waals surface area contributed by atoms with Crippen molar-refractivity contribution >= 4 is 48.9 Å². The van der Waals surface area contributed by atoms with Crippen molar-refractivity contribution in [2.24, 2.45) is 0 Å². The summed E-state index contributed by atoms with van der Waals surface area (Å²) >= 11 is 3.55. The van der Waals surface area contributed by atoms with Crippen molar-refractivity contribution in [1.82, 2.24) is 14.1 Å². The number of hydrogen-bond donors (Lipinski definition) is 0. The number of carbonyl (C=O) groups is 1. The topological polar surface area (TPSA) is 58.3 Å². The van der Waals surface area contributed by atoms with E-state index in [1.54, 1.807) is 16.8 Å². The number of carbonyl (C=O) groups excluding carboxylic acids is 1. The van der Waals surface area contributed by atoms with Gasteiger partial charge in [-0.1, -0.05) is 73.4 Å². The number of benzene rings is 2. The minimum atomic E-state index is -4.66. The minimum Gasteiger partial charge on any atom is -0.361 e. The van der Waals surface area contributed by atoms with E-state index in [4.69, 9.17) is 14.5 Å². The number of nitrogens with zero attached hydrogens (tertiary/aromatic N) is 3.